The fraction of sp³-hybridized carbons (Fsp3) is 0.353. The summed E-state index contributed by atoms with van der Waals surface area (Å²) in [5.41, 5.74) is 4.09. The first kappa shape index (κ1) is 15.2. The van der Waals surface area contributed by atoms with Crippen molar-refractivity contribution in [1.29, 1.82) is 0 Å². The minimum atomic E-state index is -0.0544. The molecule has 1 aromatic carbocycles. The molecule has 4 heteroatoms. The summed E-state index contributed by atoms with van der Waals surface area (Å²) in [6, 6.07) is 7.85. The van der Waals surface area contributed by atoms with Gasteiger partial charge in [0.05, 0.1) is 0 Å². The molecule has 0 fully saturated rings. The average molecular weight is 285 g/mol. The highest BCUT2D eigenvalue weighted by Crippen LogP contribution is 2.17. The van der Waals surface area contributed by atoms with Gasteiger partial charge in [-0.3, -0.25) is 4.79 Å². The van der Waals surface area contributed by atoms with Crippen LogP contribution in [0.4, 0.5) is 5.69 Å². The molecule has 0 saturated heterocycles. The molecule has 1 amide bonds. The Balaban J connectivity index is 2.00. The van der Waals surface area contributed by atoms with Crippen molar-refractivity contribution in [2.75, 3.05) is 12.4 Å². The van der Waals surface area contributed by atoms with E-state index in [1.54, 1.807) is 7.05 Å². The number of amides is 1. The number of nitrogens with zero attached hydrogens (tertiary/aromatic N) is 1. The van der Waals surface area contributed by atoms with E-state index in [0.717, 1.165) is 30.8 Å². The lowest BCUT2D eigenvalue weighted by Gasteiger charge is -2.10. The van der Waals surface area contributed by atoms with Crippen LogP contribution in [0.3, 0.4) is 0 Å². The van der Waals surface area contributed by atoms with Gasteiger partial charge in [0.1, 0.15) is 0 Å². The lowest BCUT2D eigenvalue weighted by molar-refractivity contribution is 0.0963. The third-order valence-corrected chi connectivity index (χ3v) is 3.49. The largest absolute Gasteiger partial charge is 0.381 e. The van der Waals surface area contributed by atoms with Gasteiger partial charge in [-0.15, -0.1) is 0 Å². The van der Waals surface area contributed by atoms with Crippen LogP contribution in [0.5, 0.6) is 0 Å². The summed E-state index contributed by atoms with van der Waals surface area (Å²) >= 11 is 0. The minimum absolute atomic E-state index is 0.0544. The molecule has 0 aliphatic carbocycles. The second-order valence-electron chi connectivity index (χ2n) is 5.22. The predicted octanol–water partition coefficient (Wildman–Crippen LogP) is 3.18. The van der Waals surface area contributed by atoms with Crippen molar-refractivity contribution < 1.29 is 4.79 Å². The predicted molar refractivity (Wildman–Crippen MR) is 86.6 cm³/mol. The van der Waals surface area contributed by atoms with Crippen molar-refractivity contribution in [2.24, 2.45) is 0 Å². The van der Waals surface area contributed by atoms with Crippen LogP contribution in [0.25, 0.3) is 0 Å². The highest BCUT2D eigenvalue weighted by molar-refractivity contribution is 5.94. The van der Waals surface area contributed by atoms with Crippen molar-refractivity contribution in [3.63, 3.8) is 0 Å². The van der Waals surface area contributed by atoms with Crippen molar-refractivity contribution >= 4 is 11.6 Å². The molecule has 0 radical (unpaired) electrons. The lowest BCUT2D eigenvalue weighted by Crippen LogP contribution is -2.17. The maximum absolute atomic E-state index is 11.6. The Hall–Kier alpha value is -2.23. The van der Waals surface area contributed by atoms with Crippen LogP contribution in [0.2, 0.25) is 0 Å². The quantitative estimate of drug-likeness (QED) is 0.856. The van der Waals surface area contributed by atoms with Crippen LogP contribution in [0.15, 0.2) is 36.7 Å². The van der Waals surface area contributed by atoms with Gasteiger partial charge in [-0.1, -0.05) is 6.92 Å². The van der Waals surface area contributed by atoms with Gasteiger partial charge in [-0.2, -0.15) is 0 Å². The number of anilines is 1. The molecule has 1 aromatic heterocycles. The van der Waals surface area contributed by atoms with Crippen LogP contribution >= 0.6 is 0 Å². The number of aromatic nitrogens is 1. The molecule has 112 valence electrons. The number of carbonyl (C=O) groups is 1. The molecule has 0 bridgehead atoms. The third-order valence-electron chi connectivity index (χ3n) is 3.49. The molecule has 21 heavy (non-hydrogen) atoms. The first-order valence-electron chi connectivity index (χ1n) is 7.35. The summed E-state index contributed by atoms with van der Waals surface area (Å²) in [6.07, 6.45) is 5.42. The Morgan fingerprint density at radius 2 is 2.10 bits per heavy atom. The summed E-state index contributed by atoms with van der Waals surface area (Å²) in [4.78, 5) is 11.6. The summed E-state index contributed by atoms with van der Waals surface area (Å²) < 4.78 is 2.21. The molecule has 0 spiro atoms. The number of hydrogen-bond acceptors (Lipinski definition) is 2. The molecule has 2 aromatic rings. The summed E-state index contributed by atoms with van der Waals surface area (Å²) in [5.74, 6) is -0.0544. The highest BCUT2D eigenvalue weighted by Gasteiger charge is 2.06. The first-order chi connectivity index (χ1) is 10.1. The van der Waals surface area contributed by atoms with Gasteiger partial charge in [0, 0.05) is 43.8 Å². The number of aryl methyl sites for hydroxylation is 2. The second kappa shape index (κ2) is 6.97. The molecule has 2 N–H and O–H groups in total. The van der Waals surface area contributed by atoms with Crippen LogP contribution in [0.1, 0.15) is 34.8 Å². The number of benzene rings is 1. The maximum atomic E-state index is 11.6. The molecule has 0 aliphatic heterocycles. The molecular weight excluding hydrogens is 262 g/mol. The SMILES string of the molecule is CCCn1ccc(CNc2ccc(C(=O)NC)cc2C)c1. The summed E-state index contributed by atoms with van der Waals surface area (Å²) in [7, 11) is 1.64. The Bertz CT molecular complexity index is 616. The fourth-order valence-corrected chi connectivity index (χ4v) is 2.34. The zero-order valence-electron chi connectivity index (χ0n) is 12.9. The fourth-order valence-electron chi connectivity index (χ4n) is 2.34. The summed E-state index contributed by atoms with van der Waals surface area (Å²) in [6.45, 7) is 6.03. The van der Waals surface area contributed by atoms with E-state index in [0.29, 0.717) is 5.56 Å². The topological polar surface area (TPSA) is 46.1 Å². The smallest absolute Gasteiger partial charge is 0.251 e. The van der Waals surface area contributed by atoms with Crippen LogP contribution in [0, 0.1) is 6.92 Å². The van der Waals surface area contributed by atoms with Gasteiger partial charge < -0.3 is 15.2 Å². The van der Waals surface area contributed by atoms with Gasteiger partial charge in [0.25, 0.3) is 5.91 Å². The standard InChI is InChI=1S/C17H23N3O/c1-4-8-20-9-7-14(12-20)11-19-16-6-5-15(10-13(16)2)17(21)18-3/h5-7,9-10,12,19H,4,8,11H2,1-3H3,(H,18,21). The van der Waals surface area contributed by atoms with Crippen molar-refractivity contribution in [2.45, 2.75) is 33.4 Å². The van der Waals surface area contributed by atoms with E-state index in [1.807, 2.05) is 25.1 Å². The molecule has 4 nitrogen and oxygen atoms in total. The van der Waals surface area contributed by atoms with Gasteiger partial charge >= 0.3 is 0 Å². The van der Waals surface area contributed by atoms with Crippen molar-refractivity contribution in [3.8, 4) is 0 Å². The molecule has 1 heterocycles. The average Bonchev–Trinajstić information content (AvgIpc) is 2.93. The monoisotopic (exact) mass is 285 g/mol. The lowest BCUT2D eigenvalue weighted by atomic mass is 10.1. The molecule has 0 saturated carbocycles. The Morgan fingerprint density at radius 1 is 1.29 bits per heavy atom. The molecule has 0 atom stereocenters. The number of hydrogen-bond donors (Lipinski definition) is 2. The Morgan fingerprint density at radius 3 is 2.76 bits per heavy atom. The summed E-state index contributed by atoms with van der Waals surface area (Å²) in [5, 5.41) is 6.06. The molecule has 2 rings (SSSR count). The highest BCUT2D eigenvalue weighted by atomic mass is 16.1. The van der Waals surface area contributed by atoms with Gasteiger partial charge in [0.2, 0.25) is 0 Å². The molecule has 0 aliphatic rings. The number of carbonyl (C=O) groups excluding carboxylic acids is 1. The first-order valence-corrected chi connectivity index (χ1v) is 7.35. The van der Waals surface area contributed by atoms with E-state index in [9.17, 15) is 4.79 Å². The van der Waals surface area contributed by atoms with Crippen molar-refractivity contribution in [3.05, 3.63) is 53.3 Å². The molecule has 0 unspecified atom stereocenters. The number of rotatable bonds is 6. The van der Waals surface area contributed by atoms with E-state index in [1.165, 1.54) is 5.56 Å². The van der Waals surface area contributed by atoms with Crippen molar-refractivity contribution in [1.82, 2.24) is 9.88 Å². The zero-order valence-corrected chi connectivity index (χ0v) is 12.9. The van der Waals surface area contributed by atoms with Gasteiger partial charge in [-0.05, 0) is 48.7 Å². The maximum Gasteiger partial charge on any atom is 0.251 e. The van der Waals surface area contributed by atoms with Crippen LogP contribution in [-0.2, 0) is 13.1 Å². The van der Waals surface area contributed by atoms with Gasteiger partial charge in [-0.25, -0.2) is 0 Å². The second-order valence-corrected chi connectivity index (χ2v) is 5.22. The van der Waals surface area contributed by atoms with Crippen LogP contribution in [-0.4, -0.2) is 17.5 Å². The van der Waals surface area contributed by atoms with E-state index >= 15 is 0 Å². The van der Waals surface area contributed by atoms with E-state index in [4.69, 9.17) is 0 Å². The van der Waals surface area contributed by atoms with E-state index < -0.39 is 0 Å². The molecular formula is C17H23N3O. The Labute approximate surface area is 126 Å². The Kier molecular flexibility index (Phi) is 5.04. The number of nitrogens with one attached hydrogen (secondary N) is 2. The van der Waals surface area contributed by atoms with Gasteiger partial charge in [0.15, 0.2) is 0 Å². The minimum Gasteiger partial charge on any atom is -0.381 e. The van der Waals surface area contributed by atoms with E-state index in [2.05, 4.69) is 40.6 Å². The third kappa shape index (κ3) is 3.88. The van der Waals surface area contributed by atoms with Crippen LogP contribution < -0.4 is 10.6 Å². The normalized spacial score (nSPS) is 10.4. The zero-order chi connectivity index (χ0) is 15.2. The van der Waals surface area contributed by atoms with E-state index in [-0.39, 0.29) is 5.91 Å².